The number of anilines is 2. The number of aromatic nitrogens is 5. The standard InChI is InChI=1S/C22H19FN8/c23-18-4-2-1-3-17(18)22-28-27-21-8-6-19(29-31(21)22)26-16-9-11-30(12-10-16)20-7-5-15(13-24)14-25-20/h1-8,14,16H,9-12H2,(H,26,29). The molecular formula is C22H19FN8. The Balaban J connectivity index is 1.29. The Morgan fingerprint density at radius 3 is 2.61 bits per heavy atom. The van der Waals surface area contributed by atoms with Crippen LogP contribution in [0.15, 0.2) is 54.7 Å². The lowest BCUT2D eigenvalue weighted by Gasteiger charge is -2.33. The zero-order valence-electron chi connectivity index (χ0n) is 16.6. The number of benzene rings is 1. The summed E-state index contributed by atoms with van der Waals surface area (Å²) < 4.78 is 15.8. The third-order valence-electron chi connectivity index (χ3n) is 5.43. The van der Waals surface area contributed by atoms with E-state index in [1.807, 2.05) is 18.2 Å². The maximum absolute atomic E-state index is 14.2. The van der Waals surface area contributed by atoms with Crippen molar-refractivity contribution in [2.45, 2.75) is 18.9 Å². The van der Waals surface area contributed by atoms with Gasteiger partial charge < -0.3 is 10.2 Å². The van der Waals surface area contributed by atoms with Crippen LogP contribution < -0.4 is 10.2 Å². The quantitative estimate of drug-likeness (QED) is 0.548. The first-order chi connectivity index (χ1) is 15.2. The SMILES string of the molecule is N#Cc1ccc(N2CCC(Nc3ccc4nnc(-c5ccccc5F)n4n3)CC2)nc1. The van der Waals surface area contributed by atoms with Gasteiger partial charge in [0.1, 0.15) is 23.5 Å². The first-order valence-electron chi connectivity index (χ1n) is 10.1. The van der Waals surface area contributed by atoms with Crippen molar-refractivity contribution in [2.24, 2.45) is 0 Å². The van der Waals surface area contributed by atoms with E-state index >= 15 is 0 Å². The van der Waals surface area contributed by atoms with Crippen molar-refractivity contribution in [2.75, 3.05) is 23.3 Å². The summed E-state index contributed by atoms with van der Waals surface area (Å²) >= 11 is 0. The molecule has 1 aliphatic rings. The number of rotatable bonds is 4. The van der Waals surface area contributed by atoms with Gasteiger partial charge in [0.05, 0.1) is 11.1 Å². The fourth-order valence-corrected chi connectivity index (χ4v) is 3.78. The van der Waals surface area contributed by atoms with E-state index in [-0.39, 0.29) is 11.9 Å². The molecule has 0 unspecified atom stereocenters. The molecule has 5 rings (SSSR count). The zero-order valence-corrected chi connectivity index (χ0v) is 16.6. The van der Waals surface area contributed by atoms with Gasteiger partial charge >= 0.3 is 0 Å². The number of halogens is 1. The molecule has 1 aliphatic heterocycles. The predicted octanol–water partition coefficient (Wildman–Crippen LogP) is 3.28. The Labute approximate surface area is 178 Å². The minimum Gasteiger partial charge on any atom is -0.366 e. The lowest BCUT2D eigenvalue weighted by Crippen LogP contribution is -2.39. The number of fused-ring (bicyclic) bond motifs is 1. The average Bonchev–Trinajstić information content (AvgIpc) is 3.23. The van der Waals surface area contributed by atoms with Gasteiger partial charge in [-0.3, -0.25) is 0 Å². The van der Waals surface area contributed by atoms with Gasteiger partial charge in [-0.25, -0.2) is 9.37 Å². The van der Waals surface area contributed by atoms with Crippen molar-refractivity contribution in [1.82, 2.24) is 24.8 Å². The van der Waals surface area contributed by atoms with Crippen LogP contribution in [-0.4, -0.2) is 43.9 Å². The molecule has 1 saturated heterocycles. The molecular weight excluding hydrogens is 395 g/mol. The van der Waals surface area contributed by atoms with Crippen LogP contribution in [0, 0.1) is 17.1 Å². The highest BCUT2D eigenvalue weighted by molar-refractivity contribution is 5.60. The Morgan fingerprint density at radius 2 is 1.87 bits per heavy atom. The van der Waals surface area contributed by atoms with E-state index in [9.17, 15) is 4.39 Å². The molecule has 0 radical (unpaired) electrons. The number of hydrogen-bond donors (Lipinski definition) is 1. The van der Waals surface area contributed by atoms with Gasteiger partial charge in [-0.2, -0.15) is 9.78 Å². The maximum atomic E-state index is 14.2. The van der Waals surface area contributed by atoms with Crippen molar-refractivity contribution in [1.29, 1.82) is 5.26 Å². The van der Waals surface area contributed by atoms with Crippen molar-refractivity contribution in [3.63, 3.8) is 0 Å². The van der Waals surface area contributed by atoms with E-state index in [4.69, 9.17) is 5.26 Å². The lowest BCUT2D eigenvalue weighted by atomic mass is 10.0. The summed E-state index contributed by atoms with van der Waals surface area (Å²) in [7, 11) is 0. The first-order valence-corrected chi connectivity index (χ1v) is 10.1. The molecule has 0 amide bonds. The van der Waals surface area contributed by atoms with Crippen LogP contribution in [-0.2, 0) is 0 Å². The molecule has 1 N–H and O–H groups in total. The van der Waals surface area contributed by atoms with Crippen LogP contribution >= 0.6 is 0 Å². The number of nitriles is 1. The summed E-state index contributed by atoms with van der Waals surface area (Å²) in [5.41, 5.74) is 1.49. The molecule has 8 nitrogen and oxygen atoms in total. The topological polar surface area (TPSA) is 95.0 Å². The highest BCUT2D eigenvalue weighted by atomic mass is 19.1. The minimum atomic E-state index is -0.360. The number of pyridine rings is 1. The molecule has 0 atom stereocenters. The fraction of sp³-hybridized carbons (Fsp3) is 0.227. The van der Waals surface area contributed by atoms with E-state index in [0.29, 0.717) is 28.4 Å². The van der Waals surface area contributed by atoms with Crippen LogP contribution in [0.4, 0.5) is 16.0 Å². The molecule has 31 heavy (non-hydrogen) atoms. The second kappa shape index (κ2) is 7.99. The van der Waals surface area contributed by atoms with Gasteiger partial charge in [-0.05, 0) is 49.2 Å². The Kier molecular flexibility index (Phi) is 4.88. The summed E-state index contributed by atoms with van der Waals surface area (Å²) in [6.07, 6.45) is 3.44. The van der Waals surface area contributed by atoms with Crippen LogP contribution in [0.3, 0.4) is 0 Å². The van der Waals surface area contributed by atoms with Crippen molar-refractivity contribution >= 4 is 17.3 Å². The van der Waals surface area contributed by atoms with Crippen molar-refractivity contribution in [3.8, 4) is 17.5 Å². The largest absolute Gasteiger partial charge is 0.366 e. The molecule has 0 spiro atoms. The average molecular weight is 414 g/mol. The molecule has 0 saturated carbocycles. The third-order valence-corrected chi connectivity index (χ3v) is 5.43. The number of nitrogens with one attached hydrogen (secondary N) is 1. The molecule has 4 aromatic rings. The van der Waals surface area contributed by atoms with Gasteiger partial charge in [0.2, 0.25) is 0 Å². The van der Waals surface area contributed by atoms with Gasteiger partial charge in [0, 0.05) is 25.3 Å². The van der Waals surface area contributed by atoms with E-state index in [0.717, 1.165) is 31.7 Å². The molecule has 1 fully saturated rings. The maximum Gasteiger partial charge on any atom is 0.188 e. The van der Waals surface area contributed by atoms with Crippen molar-refractivity contribution < 1.29 is 4.39 Å². The summed E-state index contributed by atoms with van der Waals surface area (Å²) in [5.74, 6) is 1.59. The van der Waals surface area contributed by atoms with Gasteiger partial charge in [-0.15, -0.1) is 15.3 Å². The highest BCUT2D eigenvalue weighted by Gasteiger charge is 2.21. The summed E-state index contributed by atoms with van der Waals surface area (Å²) in [5, 5.41) is 25.2. The van der Waals surface area contributed by atoms with E-state index in [1.54, 1.807) is 35.0 Å². The second-order valence-electron chi connectivity index (χ2n) is 7.41. The normalized spacial score (nSPS) is 14.5. The monoisotopic (exact) mass is 414 g/mol. The van der Waals surface area contributed by atoms with Crippen molar-refractivity contribution in [3.05, 3.63) is 66.1 Å². The summed E-state index contributed by atoms with van der Waals surface area (Å²) in [4.78, 5) is 6.59. The zero-order chi connectivity index (χ0) is 21.2. The molecule has 154 valence electrons. The molecule has 1 aromatic carbocycles. The van der Waals surface area contributed by atoms with E-state index in [2.05, 4.69) is 36.6 Å². The minimum absolute atomic E-state index is 0.257. The van der Waals surface area contributed by atoms with Crippen LogP contribution in [0.2, 0.25) is 0 Å². The smallest absolute Gasteiger partial charge is 0.188 e. The Bertz CT molecular complexity index is 1250. The Morgan fingerprint density at radius 1 is 1.03 bits per heavy atom. The second-order valence-corrected chi connectivity index (χ2v) is 7.41. The molecule has 0 bridgehead atoms. The fourth-order valence-electron chi connectivity index (χ4n) is 3.78. The summed E-state index contributed by atoms with van der Waals surface area (Å²) in [6.45, 7) is 1.71. The number of nitrogens with zero attached hydrogens (tertiary/aromatic N) is 7. The van der Waals surface area contributed by atoms with Crippen LogP contribution in [0.25, 0.3) is 17.0 Å². The first kappa shape index (κ1) is 18.9. The van der Waals surface area contributed by atoms with Gasteiger partial charge in [0.25, 0.3) is 0 Å². The molecule has 4 heterocycles. The Hall–Kier alpha value is -4.06. The molecule has 9 heteroatoms. The number of hydrogen-bond acceptors (Lipinski definition) is 7. The van der Waals surface area contributed by atoms with Crippen LogP contribution in [0.5, 0.6) is 0 Å². The third kappa shape index (κ3) is 3.75. The van der Waals surface area contributed by atoms with E-state index in [1.165, 1.54) is 6.07 Å². The van der Waals surface area contributed by atoms with Crippen LogP contribution in [0.1, 0.15) is 18.4 Å². The predicted molar refractivity (Wildman–Crippen MR) is 114 cm³/mol. The lowest BCUT2D eigenvalue weighted by molar-refractivity contribution is 0.521. The van der Waals surface area contributed by atoms with E-state index < -0.39 is 0 Å². The van der Waals surface area contributed by atoms with Gasteiger partial charge in [0.15, 0.2) is 11.5 Å². The van der Waals surface area contributed by atoms with Gasteiger partial charge in [-0.1, -0.05) is 12.1 Å². The number of piperidine rings is 1. The molecule has 3 aromatic heterocycles. The molecule has 0 aliphatic carbocycles. The summed E-state index contributed by atoms with van der Waals surface area (Å²) in [6, 6.07) is 16.2. The highest BCUT2D eigenvalue weighted by Crippen LogP contribution is 2.23.